The third-order valence-corrected chi connectivity index (χ3v) is 6.97. The Morgan fingerprint density at radius 3 is 2.20 bits per heavy atom. The van der Waals surface area contributed by atoms with Crippen molar-refractivity contribution in [2.75, 3.05) is 19.5 Å². The number of amides is 1. The van der Waals surface area contributed by atoms with Crippen LogP contribution < -0.4 is 30.8 Å². The maximum absolute atomic E-state index is 14.3. The lowest BCUT2D eigenvalue weighted by Gasteiger charge is -2.18. The van der Waals surface area contributed by atoms with E-state index in [1.54, 1.807) is 19.9 Å². The highest BCUT2D eigenvalue weighted by atomic mass is 19.4. The van der Waals surface area contributed by atoms with E-state index in [1.807, 2.05) is 0 Å². The number of alkyl halides is 3. The SMILES string of the molecule is COc1cc2nccc(Oc3ccc(NC(=O)c4cn(C(C)C)c(=O)n(-c5ccc(F)cc5)c4=O)cc3C(F)(F)F)c2cc1OC. The van der Waals surface area contributed by atoms with Gasteiger partial charge in [-0.25, -0.2) is 13.8 Å². The van der Waals surface area contributed by atoms with E-state index in [2.05, 4.69) is 10.3 Å². The molecule has 5 aromatic rings. The quantitative estimate of drug-likeness (QED) is 0.197. The number of methoxy groups -OCH3 is 2. The molecule has 0 bridgehead atoms. The molecule has 0 aliphatic rings. The molecule has 0 unspecified atom stereocenters. The Hall–Kier alpha value is -5.66. The first-order valence-corrected chi connectivity index (χ1v) is 13.7. The van der Waals surface area contributed by atoms with Crippen LogP contribution in [0.15, 0.2) is 82.6 Å². The Balaban J connectivity index is 1.53. The summed E-state index contributed by atoms with van der Waals surface area (Å²) in [5.74, 6) is -1.53. The average Bonchev–Trinajstić information content (AvgIpc) is 3.01. The van der Waals surface area contributed by atoms with Gasteiger partial charge in [-0.2, -0.15) is 13.2 Å². The van der Waals surface area contributed by atoms with Crippen molar-refractivity contribution in [1.82, 2.24) is 14.1 Å². The highest BCUT2D eigenvalue weighted by Gasteiger charge is 2.35. The summed E-state index contributed by atoms with van der Waals surface area (Å²) < 4.78 is 74.5. The van der Waals surface area contributed by atoms with Crippen molar-refractivity contribution in [3.63, 3.8) is 0 Å². The molecule has 46 heavy (non-hydrogen) atoms. The number of carbonyl (C=O) groups excluding carboxylic acids is 1. The molecule has 1 amide bonds. The van der Waals surface area contributed by atoms with Gasteiger partial charge in [0.15, 0.2) is 11.5 Å². The summed E-state index contributed by atoms with van der Waals surface area (Å²) in [5, 5.41) is 2.66. The maximum Gasteiger partial charge on any atom is 0.420 e. The number of carbonyl (C=O) groups is 1. The lowest BCUT2D eigenvalue weighted by molar-refractivity contribution is -0.138. The number of anilines is 1. The number of hydrogen-bond acceptors (Lipinski definition) is 7. The second kappa shape index (κ2) is 12.4. The van der Waals surface area contributed by atoms with Crippen LogP contribution in [-0.2, 0) is 6.18 Å². The molecule has 238 valence electrons. The van der Waals surface area contributed by atoms with Crippen molar-refractivity contribution < 1.29 is 36.6 Å². The van der Waals surface area contributed by atoms with Crippen LogP contribution in [0, 0.1) is 5.82 Å². The monoisotopic (exact) mass is 638 g/mol. The first-order chi connectivity index (χ1) is 21.8. The van der Waals surface area contributed by atoms with Gasteiger partial charge in [0.2, 0.25) is 0 Å². The molecule has 2 aromatic heterocycles. The van der Waals surface area contributed by atoms with Crippen LogP contribution in [0.5, 0.6) is 23.0 Å². The number of halogens is 4. The number of nitrogens with one attached hydrogen (secondary N) is 1. The number of hydrogen-bond donors (Lipinski definition) is 1. The van der Waals surface area contributed by atoms with E-state index in [1.165, 1.54) is 50.7 Å². The first kappa shape index (κ1) is 31.8. The number of rotatable bonds is 8. The molecule has 1 N–H and O–H groups in total. The summed E-state index contributed by atoms with van der Waals surface area (Å²) in [6.07, 6.45) is -2.52. The third-order valence-electron chi connectivity index (χ3n) is 6.97. The smallest absolute Gasteiger partial charge is 0.420 e. The van der Waals surface area contributed by atoms with Gasteiger partial charge in [0.1, 0.15) is 28.4 Å². The van der Waals surface area contributed by atoms with Gasteiger partial charge in [-0.05, 0) is 68.4 Å². The summed E-state index contributed by atoms with van der Waals surface area (Å²) >= 11 is 0. The minimum Gasteiger partial charge on any atom is -0.493 e. The fourth-order valence-electron chi connectivity index (χ4n) is 4.69. The highest BCUT2D eigenvalue weighted by molar-refractivity contribution is 6.04. The Labute approximate surface area is 258 Å². The van der Waals surface area contributed by atoms with Gasteiger partial charge < -0.3 is 19.5 Å². The second-order valence-corrected chi connectivity index (χ2v) is 10.2. The summed E-state index contributed by atoms with van der Waals surface area (Å²) in [4.78, 5) is 44.0. The Morgan fingerprint density at radius 1 is 0.891 bits per heavy atom. The van der Waals surface area contributed by atoms with Gasteiger partial charge in [-0.15, -0.1) is 0 Å². The molecule has 0 spiro atoms. The fraction of sp³-hybridized carbons (Fsp3) is 0.188. The van der Waals surface area contributed by atoms with E-state index < -0.39 is 52.1 Å². The number of pyridine rings is 1. The molecule has 5 rings (SSSR count). The minimum atomic E-state index is -4.92. The lowest BCUT2D eigenvalue weighted by Crippen LogP contribution is -2.42. The van der Waals surface area contributed by atoms with Crippen molar-refractivity contribution in [3.05, 3.63) is 111 Å². The number of fused-ring (bicyclic) bond motifs is 1. The van der Waals surface area contributed by atoms with Gasteiger partial charge in [0, 0.05) is 35.6 Å². The minimum absolute atomic E-state index is 0.000934. The lowest BCUT2D eigenvalue weighted by atomic mass is 10.1. The third kappa shape index (κ3) is 6.14. The predicted molar refractivity (Wildman–Crippen MR) is 161 cm³/mol. The van der Waals surface area contributed by atoms with Crippen LogP contribution in [0.25, 0.3) is 16.6 Å². The molecule has 14 heteroatoms. The van der Waals surface area contributed by atoms with E-state index in [0.717, 1.165) is 29.0 Å². The molecule has 0 radical (unpaired) electrons. The number of nitrogens with zero attached hydrogens (tertiary/aromatic N) is 3. The van der Waals surface area contributed by atoms with E-state index in [-0.39, 0.29) is 17.1 Å². The highest BCUT2D eigenvalue weighted by Crippen LogP contribution is 2.42. The summed E-state index contributed by atoms with van der Waals surface area (Å²) in [6.45, 7) is 3.27. The van der Waals surface area contributed by atoms with Gasteiger partial charge in [0.05, 0.1) is 25.4 Å². The van der Waals surface area contributed by atoms with Crippen LogP contribution in [-0.4, -0.2) is 34.2 Å². The van der Waals surface area contributed by atoms with Crippen molar-refractivity contribution in [2.24, 2.45) is 0 Å². The number of ether oxygens (including phenoxy) is 3. The molecule has 0 saturated carbocycles. The van der Waals surface area contributed by atoms with Gasteiger partial charge in [-0.1, -0.05) is 0 Å². The van der Waals surface area contributed by atoms with Crippen LogP contribution in [0.1, 0.15) is 35.8 Å². The summed E-state index contributed by atoms with van der Waals surface area (Å²) in [7, 11) is 2.84. The number of benzene rings is 3. The molecule has 10 nitrogen and oxygen atoms in total. The molecular weight excluding hydrogens is 612 g/mol. The molecule has 3 aromatic carbocycles. The predicted octanol–water partition coefficient (Wildman–Crippen LogP) is 6.35. The van der Waals surface area contributed by atoms with Gasteiger partial charge >= 0.3 is 11.9 Å². The van der Waals surface area contributed by atoms with Crippen molar-refractivity contribution in [2.45, 2.75) is 26.1 Å². The Kier molecular flexibility index (Phi) is 8.55. The average molecular weight is 639 g/mol. The van der Waals surface area contributed by atoms with Crippen LogP contribution in [0.3, 0.4) is 0 Å². The maximum atomic E-state index is 14.3. The second-order valence-electron chi connectivity index (χ2n) is 10.2. The van der Waals surface area contributed by atoms with Crippen LogP contribution >= 0.6 is 0 Å². The van der Waals surface area contributed by atoms with Crippen molar-refractivity contribution >= 4 is 22.5 Å². The Bertz CT molecular complexity index is 2070. The molecule has 0 atom stereocenters. The zero-order valence-corrected chi connectivity index (χ0v) is 24.8. The molecule has 0 fully saturated rings. The van der Waals surface area contributed by atoms with Crippen molar-refractivity contribution in [3.8, 4) is 28.7 Å². The van der Waals surface area contributed by atoms with E-state index in [9.17, 15) is 31.9 Å². The largest absolute Gasteiger partial charge is 0.493 e. The molecule has 0 saturated heterocycles. The van der Waals surface area contributed by atoms with Crippen molar-refractivity contribution in [1.29, 1.82) is 0 Å². The topological polar surface area (TPSA) is 114 Å². The van der Waals surface area contributed by atoms with E-state index in [4.69, 9.17) is 14.2 Å². The summed E-state index contributed by atoms with van der Waals surface area (Å²) in [6, 6.07) is 11.3. The molecule has 2 heterocycles. The molecular formula is C32H26F4N4O6. The normalized spacial score (nSPS) is 11.5. The van der Waals surface area contributed by atoms with Crippen LogP contribution in [0.2, 0.25) is 0 Å². The van der Waals surface area contributed by atoms with E-state index in [0.29, 0.717) is 33.0 Å². The Morgan fingerprint density at radius 2 is 1.57 bits per heavy atom. The van der Waals surface area contributed by atoms with Gasteiger partial charge in [-0.3, -0.25) is 19.1 Å². The summed E-state index contributed by atoms with van der Waals surface area (Å²) in [5.41, 5.74) is -3.50. The standard InChI is InChI=1S/C32H26F4N4O6/c1-17(2)39-16-22(30(42)40(31(39)43)20-8-5-18(33)6-9-20)29(41)38-19-7-10-26(23(13-19)32(34,35)36)46-25-11-12-37-24-15-28(45-4)27(44-3)14-21(24)25/h5-17H,1-4H3,(H,38,41). The number of aromatic nitrogens is 3. The first-order valence-electron chi connectivity index (χ1n) is 13.7. The molecule has 0 aliphatic carbocycles. The van der Waals surface area contributed by atoms with Gasteiger partial charge in [0.25, 0.3) is 11.5 Å². The fourth-order valence-corrected chi connectivity index (χ4v) is 4.69. The van der Waals surface area contributed by atoms with E-state index >= 15 is 0 Å². The zero-order chi connectivity index (χ0) is 33.3. The van der Waals surface area contributed by atoms with Crippen LogP contribution in [0.4, 0.5) is 23.2 Å². The molecule has 0 aliphatic heterocycles. The zero-order valence-electron chi connectivity index (χ0n) is 24.8.